The lowest BCUT2D eigenvalue weighted by Crippen LogP contribution is -2.28. The molecule has 0 saturated carbocycles. The minimum absolute atomic E-state index is 0.0754. The van der Waals surface area contributed by atoms with Gasteiger partial charge in [-0.15, -0.1) is 0 Å². The second-order valence-electron chi connectivity index (χ2n) is 2.93. The van der Waals surface area contributed by atoms with Crippen LogP contribution in [-0.2, 0) is 9.53 Å². The van der Waals surface area contributed by atoms with E-state index >= 15 is 0 Å². The summed E-state index contributed by atoms with van der Waals surface area (Å²) in [5.41, 5.74) is 0. The summed E-state index contributed by atoms with van der Waals surface area (Å²) in [6.07, 6.45) is -0.550. The van der Waals surface area contributed by atoms with Crippen molar-refractivity contribution in [3.05, 3.63) is 0 Å². The van der Waals surface area contributed by atoms with Gasteiger partial charge in [0.25, 0.3) is 0 Å². The monoisotopic (exact) mass is 175 g/mol. The van der Waals surface area contributed by atoms with Crippen LogP contribution in [0.25, 0.3) is 0 Å². The molecule has 0 rings (SSSR count). The average Bonchev–Trinajstić information content (AvgIpc) is 1.84. The van der Waals surface area contributed by atoms with E-state index in [-0.39, 0.29) is 12.4 Å². The number of likely N-dealkylation sites (N-methyl/N-ethyl adjacent to an activating group) is 1. The molecule has 72 valence electrons. The van der Waals surface area contributed by atoms with Crippen molar-refractivity contribution in [1.82, 2.24) is 4.90 Å². The zero-order valence-electron chi connectivity index (χ0n) is 7.91. The lowest BCUT2D eigenvalue weighted by atomic mass is 10.2. The van der Waals surface area contributed by atoms with Crippen LogP contribution in [-0.4, -0.2) is 49.3 Å². The molecule has 12 heavy (non-hydrogen) atoms. The summed E-state index contributed by atoms with van der Waals surface area (Å²) >= 11 is 0. The van der Waals surface area contributed by atoms with Crippen molar-refractivity contribution in [1.29, 1.82) is 0 Å². The fourth-order valence-corrected chi connectivity index (χ4v) is 0.898. The van der Waals surface area contributed by atoms with Gasteiger partial charge in [0, 0.05) is 6.54 Å². The number of nitrogens with zero attached hydrogens (tertiary/aromatic N) is 1. The number of ether oxygens (including phenoxy) is 1. The Labute approximate surface area is 73.1 Å². The summed E-state index contributed by atoms with van der Waals surface area (Å²) in [4.78, 5) is 12.7. The van der Waals surface area contributed by atoms with Crippen LogP contribution in [0.1, 0.15) is 13.3 Å². The minimum atomic E-state index is -0.626. The quantitative estimate of drug-likeness (QED) is 0.591. The summed E-state index contributed by atoms with van der Waals surface area (Å²) < 4.78 is 4.68. The van der Waals surface area contributed by atoms with Crippen LogP contribution >= 0.6 is 0 Å². The van der Waals surface area contributed by atoms with Gasteiger partial charge in [-0.05, 0) is 21.0 Å². The normalized spacial score (nSPS) is 13.1. The predicted molar refractivity (Wildman–Crippen MR) is 45.8 cm³/mol. The van der Waals surface area contributed by atoms with E-state index in [0.29, 0.717) is 13.2 Å². The first-order valence-corrected chi connectivity index (χ1v) is 4.04. The Morgan fingerprint density at radius 3 is 2.58 bits per heavy atom. The van der Waals surface area contributed by atoms with E-state index in [1.807, 2.05) is 19.0 Å². The Hall–Kier alpha value is -0.610. The average molecular weight is 175 g/mol. The molecule has 0 aliphatic carbocycles. The SMILES string of the molecule is CCOC(=O)CC(O)CN(C)C. The van der Waals surface area contributed by atoms with E-state index < -0.39 is 6.10 Å². The van der Waals surface area contributed by atoms with E-state index in [9.17, 15) is 9.90 Å². The maximum absolute atomic E-state index is 10.8. The fourth-order valence-electron chi connectivity index (χ4n) is 0.898. The van der Waals surface area contributed by atoms with Crippen molar-refractivity contribution >= 4 is 5.97 Å². The van der Waals surface area contributed by atoms with Crippen LogP contribution in [0.15, 0.2) is 0 Å². The van der Waals surface area contributed by atoms with Crippen molar-refractivity contribution < 1.29 is 14.6 Å². The third kappa shape index (κ3) is 6.12. The first kappa shape index (κ1) is 11.4. The standard InChI is InChI=1S/C8H17NO3/c1-4-12-8(11)5-7(10)6-9(2)3/h7,10H,4-6H2,1-3H3. The zero-order chi connectivity index (χ0) is 9.56. The molecule has 0 bridgehead atoms. The van der Waals surface area contributed by atoms with E-state index in [0.717, 1.165) is 0 Å². The zero-order valence-corrected chi connectivity index (χ0v) is 7.91. The Balaban J connectivity index is 3.54. The number of carbonyl (C=O) groups excluding carboxylic acids is 1. The van der Waals surface area contributed by atoms with Gasteiger partial charge in [-0.3, -0.25) is 4.79 Å². The Morgan fingerprint density at radius 2 is 2.17 bits per heavy atom. The van der Waals surface area contributed by atoms with E-state index in [1.54, 1.807) is 6.92 Å². The number of hydrogen-bond donors (Lipinski definition) is 1. The van der Waals surface area contributed by atoms with Crippen LogP contribution in [0.2, 0.25) is 0 Å². The van der Waals surface area contributed by atoms with Crippen molar-refractivity contribution in [2.24, 2.45) is 0 Å². The van der Waals surface area contributed by atoms with E-state index in [1.165, 1.54) is 0 Å². The lowest BCUT2D eigenvalue weighted by molar-refractivity contribution is -0.145. The summed E-state index contributed by atoms with van der Waals surface area (Å²) in [6.45, 7) is 2.60. The van der Waals surface area contributed by atoms with Crippen LogP contribution in [0, 0.1) is 0 Å². The minimum Gasteiger partial charge on any atom is -0.466 e. The summed E-state index contributed by atoms with van der Waals surface area (Å²) in [5.74, 6) is -0.341. The van der Waals surface area contributed by atoms with Gasteiger partial charge < -0.3 is 14.7 Å². The molecule has 0 aromatic carbocycles. The van der Waals surface area contributed by atoms with E-state index in [2.05, 4.69) is 4.74 Å². The molecule has 1 unspecified atom stereocenters. The molecule has 0 aliphatic rings. The summed E-state index contributed by atoms with van der Waals surface area (Å²) in [5, 5.41) is 9.27. The predicted octanol–water partition coefficient (Wildman–Crippen LogP) is -0.138. The Morgan fingerprint density at radius 1 is 1.58 bits per heavy atom. The largest absolute Gasteiger partial charge is 0.466 e. The molecular weight excluding hydrogens is 158 g/mol. The summed E-state index contributed by atoms with van der Waals surface area (Å²) in [7, 11) is 3.68. The van der Waals surface area contributed by atoms with Crippen LogP contribution < -0.4 is 0 Å². The van der Waals surface area contributed by atoms with Crippen molar-refractivity contribution in [2.75, 3.05) is 27.2 Å². The van der Waals surface area contributed by atoms with E-state index in [4.69, 9.17) is 0 Å². The van der Waals surface area contributed by atoms with Crippen LogP contribution in [0.4, 0.5) is 0 Å². The van der Waals surface area contributed by atoms with Gasteiger partial charge in [0.15, 0.2) is 0 Å². The summed E-state index contributed by atoms with van der Waals surface area (Å²) in [6, 6.07) is 0. The fraction of sp³-hybridized carbons (Fsp3) is 0.875. The number of rotatable bonds is 5. The Bertz CT molecular complexity index is 136. The Kier molecular flexibility index (Phi) is 5.66. The molecule has 1 atom stereocenters. The first-order valence-electron chi connectivity index (χ1n) is 4.04. The second kappa shape index (κ2) is 5.97. The molecule has 0 spiro atoms. The number of aliphatic hydroxyl groups is 1. The highest BCUT2D eigenvalue weighted by Crippen LogP contribution is 1.95. The molecule has 0 aliphatic heterocycles. The molecule has 0 saturated heterocycles. The van der Waals surface area contributed by atoms with Crippen LogP contribution in [0.5, 0.6) is 0 Å². The van der Waals surface area contributed by atoms with Gasteiger partial charge in [-0.1, -0.05) is 0 Å². The van der Waals surface area contributed by atoms with Gasteiger partial charge in [0.05, 0.1) is 19.1 Å². The molecule has 0 heterocycles. The molecule has 0 fully saturated rings. The molecule has 0 aromatic rings. The van der Waals surface area contributed by atoms with Gasteiger partial charge in [-0.2, -0.15) is 0 Å². The number of hydrogen-bond acceptors (Lipinski definition) is 4. The third-order valence-corrected chi connectivity index (χ3v) is 1.28. The number of esters is 1. The maximum atomic E-state index is 10.8. The smallest absolute Gasteiger partial charge is 0.308 e. The van der Waals surface area contributed by atoms with Gasteiger partial charge in [0.1, 0.15) is 0 Å². The number of carbonyl (C=O) groups is 1. The molecule has 0 radical (unpaired) electrons. The van der Waals surface area contributed by atoms with Crippen molar-refractivity contribution in [3.8, 4) is 0 Å². The highest BCUT2D eigenvalue weighted by atomic mass is 16.5. The molecule has 4 nitrogen and oxygen atoms in total. The lowest BCUT2D eigenvalue weighted by Gasteiger charge is -2.14. The number of aliphatic hydroxyl groups excluding tert-OH is 1. The highest BCUT2D eigenvalue weighted by molar-refractivity contribution is 5.69. The topological polar surface area (TPSA) is 49.8 Å². The highest BCUT2D eigenvalue weighted by Gasteiger charge is 2.11. The van der Waals surface area contributed by atoms with Gasteiger partial charge in [-0.25, -0.2) is 0 Å². The molecular formula is C8H17NO3. The van der Waals surface area contributed by atoms with Gasteiger partial charge in [0.2, 0.25) is 0 Å². The second-order valence-corrected chi connectivity index (χ2v) is 2.93. The molecule has 1 N–H and O–H groups in total. The first-order chi connectivity index (χ1) is 5.56. The van der Waals surface area contributed by atoms with Crippen molar-refractivity contribution in [2.45, 2.75) is 19.4 Å². The molecule has 0 aromatic heterocycles. The van der Waals surface area contributed by atoms with Crippen LogP contribution in [0.3, 0.4) is 0 Å². The maximum Gasteiger partial charge on any atom is 0.308 e. The molecule has 4 heteroatoms. The van der Waals surface area contributed by atoms with Crippen molar-refractivity contribution in [3.63, 3.8) is 0 Å². The molecule has 0 amide bonds. The van der Waals surface area contributed by atoms with Gasteiger partial charge >= 0.3 is 5.97 Å². The third-order valence-electron chi connectivity index (χ3n) is 1.28.